The van der Waals surface area contributed by atoms with Gasteiger partial charge >= 0.3 is 0 Å². The zero-order chi connectivity index (χ0) is 20.8. The monoisotopic (exact) mass is 543 g/mol. The van der Waals surface area contributed by atoms with Gasteiger partial charge in [-0.2, -0.15) is 0 Å². The zero-order valence-corrected chi connectivity index (χ0v) is 20.8. The fraction of sp³-hybridized carbons (Fsp3) is 0.632. The second-order valence-electron chi connectivity index (χ2n) is 6.32. The third-order valence-corrected chi connectivity index (χ3v) is 4.56. The third-order valence-electron chi connectivity index (χ3n) is 3.66. The number of benzene rings is 1. The van der Waals surface area contributed by atoms with Gasteiger partial charge in [-0.25, -0.2) is 13.4 Å². The van der Waals surface area contributed by atoms with Gasteiger partial charge in [0, 0.05) is 32.0 Å². The molecule has 0 spiro atoms. The molecule has 0 atom stereocenters. The molecule has 0 radical (unpaired) electrons. The predicted molar refractivity (Wildman–Crippen MR) is 127 cm³/mol. The maximum atomic E-state index is 11.1. The molecule has 0 amide bonds. The van der Waals surface area contributed by atoms with Crippen molar-refractivity contribution in [1.82, 2.24) is 10.6 Å². The van der Waals surface area contributed by atoms with E-state index in [4.69, 9.17) is 14.2 Å². The average molecular weight is 543 g/mol. The summed E-state index contributed by atoms with van der Waals surface area (Å²) < 4.78 is 38.3. The number of sulfone groups is 1. The number of nitrogens with one attached hydrogen (secondary N) is 2. The van der Waals surface area contributed by atoms with Gasteiger partial charge in [0.25, 0.3) is 0 Å². The molecule has 0 bridgehead atoms. The minimum atomic E-state index is -2.99. The standard InChI is InChI=1S/C19H33N3O5S.HI/c1-5-20-19(21-8-9-26-12-13-28(4,23)24)22-15-17-7-6-16(2)14-18(17)27-11-10-25-3;/h6-7,14H,5,8-13,15H2,1-4H3,(H2,20,21,22);1H. The Balaban J connectivity index is 0.00000784. The number of guanidine groups is 1. The molecule has 168 valence electrons. The molecule has 0 saturated carbocycles. The lowest BCUT2D eigenvalue weighted by molar-refractivity contribution is 0.145. The van der Waals surface area contributed by atoms with Crippen LogP contribution in [0.3, 0.4) is 0 Å². The van der Waals surface area contributed by atoms with Gasteiger partial charge < -0.3 is 24.8 Å². The lowest BCUT2D eigenvalue weighted by atomic mass is 10.1. The maximum absolute atomic E-state index is 11.1. The quantitative estimate of drug-likeness (QED) is 0.169. The molecule has 1 aromatic carbocycles. The Kier molecular flexibility index (Phi) is 15.1. The number of rotatable bonds is 13. The summed E-state index contributed by atoms with van der Waals surface area (Å²) in [5, 5.41) is 6.35. The van der Waals surface area contributed by atoms with Crippen LogP contribution < -0.4 is 15.4 Å². The van der Waals surface area contributed by atoms with Crippen molar-refractivity contribution in [3.8, 4) is 5.75 Å². The summed E-state index contributed by atoms with van der Waals surface area (Å²) in [5.41, 5.74) is 2.11. The van der Waals surface area contributed by atoms with Crippen molar-refractivity contribution in [1.29, 1.82) is 0 Å². The second kappa shape index (κ2) is 15.7. The molecule has 2 N–H and O–H groups in total. The van der Waals surface area contributed by atoms with Crippen molar-refractivity contribution in [2.24, 2.45) is 4.99 Å². The molecule has 0 unspecified atom stereocenters. The van der Waals surface area contributed by atoms with E-state index < -0.39 is 9.84 Å². The molecule has 0 aliphatic heterocycles. The lowest BCUT2D eigenvalue weighted by Gasteiger charge is -2.13. The van der Waals surface area contributed by atoms with Gasteiger partial charge in [0.05, 0.1) is 32.1 Å². The topological polar surface area (TPSA) is 98.2 Å². The molecule has 1 rings (SSSR count). The number of aryl methyl sites for hydroxylation is 1. The van der Waals surface area contributed by atoms with Crippen LogP contribution in [0.2, 0.25) is 0 Å². The summed E-state index contributed by atoms with van der Waals surface area (Å²) in [6.07, 6.45) is 1.20. The van der Waals surface area contributed by atoms with Crippen molar-refractivity contribution < 1.29 is 22.6 Å². The first kappa shape index (κ1) is 27.9. The molecule has 8 nitrogen and oxygen atoms in total. The van der Waals surface area contributed by atoms with Crippen molar-refractivity contribution >= 4 is 39.8 Å². The molecule has 29 heavy (non-hydrogen) atoms. The Labute approximate surface area is 191 Å². The van der Waals surface area contributed by atoms with E-state index in [9.17, 15) is 8.42 Å². The Bertz CT molecular complexity index is 714. The minimum Gasteiger partial charge on any atom is -0.491 e. The normalized spacial score (nSPS) is 11.7. The highest BCUT2D eigenvalue weighted by molar-refractivity contribution is 14.0. The van der Waals surface area contributed by atoms with Crippen LogP contribution in [0.5, 0.6) is 5.75 Å². The molecule has 1 aromatic rings. The average Bonchev–Trinajstić information content (AvgIpc) is 2.63. The molecule has 0 heterocycles. The van der Waals surface area contributed by atoms with Crippen molar-refractivity contribution in [2.75, 3.05) is 58.6 Å². The van der Waals surface area contributed by atoms with E-state index in [1.807, 2.05) is 32.0 Å². The van der Waals surface area contributed by atoms with E-state index in [-0.39, 0.29) is 36.3 Å². The maximum Gasteiger partial charge on any atom is 0.191 e. The van der Waals surface area contributed by atoms with E-state index in [2.05, 4.69) is 15.6 Å². The molecular formula is C19H34IN3O5S. The minimum absolute atomic E-state index is 0. The van der Waals surface area contributed by atoms with Crippen molar-refractivity contribution in [3.63, 3.8) is 0 Å². The highest BCUT2D eigenvalue weighted by Gasteiger charge is 2.06. The van der Waals surface area contributed by atoms with Gasteiger partial charge in [-0.3, -0.25) is 0 Å². The second-order valence-corrected chi connectivity index (χ2v) is 8.58. The van der Waals surface area contributed by atoms with Crippen LogP contribution in [0.25, 0.3) is 0 Å². The number of aliphatic imine (C=N–C) groups is 1. The van der Waals surface area contributed by atoms with E-state index >= 15 is 0 Å². The summed E-state index contributed by atoms with van der Waals surface area (Å²) in [6.45, 7) is 7.34. The fourth-order valence-corrected chi connectivity index (χ4v) is 2.64. The predicted octanol–water partition coefficient (Wildman–Crippen LogP) is 1.75. The Morgan fingerprint density at radius 2 is 1.90 bits per heavy atom. The van der Waals surface area contributed by atoms with Crippen LogP contribution in [-0.4, -0.2) is 73.0 Å². The fourth-order valence-electron chi connectivity index (χ4n) is 2.22. The highest BCUT2D eigenvalue weighted by Crippen LogP contribution is 2.21. The van der Waals surface area contributed by atoms with Gasteiger partial charge in [-0.05, 0) is 25.5 Å². The van der Waals surface area contributed by atoms with Crippen molar-refractivity contribution in [3.05, 3.63) is 29.3 Å². The SMILES string of the molecule is CCNC(=NCc1ccc(C)cc1OCCOC)NCCOCCS(C)(=O)=O.I. The van der Waals surface area contributed by atoms with E-state index in [1.165, 1.54) is 6.26 Å². The van der Waals surface area contributed by atoms with Gasteiger partial charge in [0.15, 0.2) is 5.96 Å². The Morgan fingerprint density at radius 1 is 1.14 bits per heavy atom. The van der Waals surface area contributed by atoms with Crippen LogP contribution >= 0.6 is 24.0 Å². The van der Waals surface area contributed by atoms with E-state index in [0.29, 0.717) is 38.9 Å². The molecule has 0 fully saturated rings. The molecule has 0 saturated heterocycles. The summed E-state index contributed by atoms with van der Waals surface area (Å²) in [4.78, 5) is 4.59. The first-order valence-corrected chi connectivity index (χ1v) is 11.4. The van der Waals surface area contributed by atoms with Gasteiger partial charge in [-0.1, -0.05) is 12.1 Å². The Hall–Kier alpha value is -1.11. The lowest BCUT2D eigenvalue weighted by Crippen LogP contribution is -2.39. The zero-order valence-electron chi connectivity index (χ0n) is 17.7. The first-order chi connectivity index (χ1) is 13.4. The molecule has 10 heteroatoms. The van der Waals surface area contributed by atoms with Crippen LogP contribution in [0, 0.1) is 6.92 Å². The van der Waals surface area contributed by atoms with Crippen LogP contribution in [0.1, 0.15) is 18.1 Å². The number of ether oxygens (including phenoxy) is 3. The third kappa shape index (κ3) is 13.7. The van der Waals surface area contributed by atoms with Crippen molar-refractivity contribution in [2.45, 2.75) is 20.4 Å². The van der Waals surface area contributed by atoms with Crippen LogP contribution in [0.4, 0.5) is 0 Å². The molecular weight excluding hydrogens is 509 g/mol. The number of hydrogen-bond acceptors (Lipinski definition) is 6. The van der Waals surface area contributed by atoms with E-state index in [0.717, 1.165) is 23.4 Å². The highest BCUT2D eigenvalue weighted by atomic mass is 127. The number of hydrogen-bond donors (Lipinski definition) is 2. The van der Waals surface area contributed by atoms with Gasteiger partial charge in [0.2, 0.25) is 0 Å². The Morgan fingerprint density at radius 3 is 2.55 bits per heavy atom. The van der Waals surface area contributed by atoms with E-state index in [1.54, 1.807) is 7.11 Å². The van der Waals surface area contributed by atoms with Crippen LogP contribution in [-0.2, 0) is 25.9 Å². The van der Waals surface area contributed by atoms with Crippen LogP contribution in [0.15, 0.2) is 23.2 Å². The number of nitrogens with zero attached hydrogens (tertiary/aromatic N) is 1. The molecule has 0 aliphatic rings. The number of halogens is 1. The molecule has 0 aliphatic carbocycles. The summed E-state index contributed by atoms with van der Waals surface area (Å²) >= 11 is 0. The summed E-state index contributed by atoms with van der Waals surface area (Å²) in [5.74, 6) is 1.50. The largest absolute Gasteiger partial charge is 0.491 e. The molecule has 0 aromatic heterocycles. The smallest absolute Gasteiger partial charge is 0.191 e. The van der Waals surface area contributed by atoms with Gasteiger partial charge in [0.1, 0.15) is 22.2 Å². The van der Waals surface area contributed by atoms with Gasteiger partial charge in [-0.15, -0.1) is 24.0 Å². The number of methoxy groups -OCH3 is 1. The summed E-state index contributed by atoms with van der Waals surface area (Å²) in [6, 6.07) is 6.04. The first-order valence-electron chi connectivity index (χ1n) is 9.34. The summed E-state index contributed by atoms with van der Waals surface area (Å²) in [7, 11) is -1.35.